The summed E-state index contributed by atoms with van der Waals surface area (Å²) in [5.74, 6) is -2.26. The van der Waals surface area contributed by atoms with Crippen LogP contribution >= 0.6 is 0 Å². The minimum atomic E-state index is -0.765. The molecule has 2 aromatic rings. The number of anilines is 1. The smallest absolute Gasteiger partial charge is 0.292 e. The van der Waals surface area contributed by atoms with Gasteiger partial charge in [0.15, 0.2) is 0 Å². The van der Waals surface area contributed by atoms with Crippen LogP contribution in [0.15, 0.2) is 36.5 Å². The van der Waals surface area contributed by atoms with Crippen molar-refractivity contribution in [1.82, 2.24) is 4.98 Å². The highest BCUT2D eigenvalue weighted by Crippen LogP contribution is 2.25. The maximum absolute atomic E-state index is 13.1. The average molecular weight is 279 g/mol. The van der Waals surface area contributed by atoms with Crippen molar-refractivity contribution >= 4 is 17.3 Å². The molecule has 0 radical (unpaired) electrons. The first-order chi connectivity index (χ1) is 9.47. The fourth-order valence-corrected chi connectivity index (χ4v) is 1.47. The van der Waals surface area contributed by atoms with E-state index in [0.717, 1.165) is 36.5 Å². The molecule has 0 spiro atoms. The Labute approximate surface area is 111 Å². The van der Waals surface area contributed by atoms with E-state index in [0.29, 0.717) is 0 Å². The molecule has 102 valence electrons. The van der Waals surface area contributed by atoms with Gasteiger partial charge in [-0.2, -0.15) is 4.39 Å². The second-order valence-corrected chi connectivity index (χ2v) is 3.74. The third-order valence-corrected chi connectivity index (χ3v) is 2.39. The Balaban J connectivity index is 2.29. The highest BCUT2D eigenvalue weighted by Gasteiger charge is 2.17. The summed E-state index contributed by atoms with van der Waals surface area (Å²) in [6, 6.07) is 4.80. The van der Waals surface area contributed by atoms with Crippen molar-refractivity contribution in [3.05, 3.63) is 64.0 Å². The number of pyridine rings is 1. The molecule has 0 bridgehead atoms. The van der Waals surface area contributed by atoms with Gasteiger partial charge >= 0.3 is 0 Å². The summed E-state index contributed by atoms with van der Waals surface area (Å²) in [6.45, 7) is 0. The summed E-state index contributed by atoms with van der Waals surface area (Å²) in [7, 11) is 0. The second kappa shape index (κ2) is 5.39. The van der Waals surface area contributed by atoms with Gasteiger partial charge in [0, 0.05) is 18.3 Å². The van der Waals surface area contributed by atoms with Crippen LogP contribution < -0.4 is 5.32 Å². The van der Waals surface area contributed by atoms with Crippen molar-refractivity contribution < 1.29 is 18.5 Å². The number of nitrogens with one attached hydrogen (secondary N) is 1. The first-order valence-electron chi connectivity index (χ1n) is 5.34. The highest BCUT2D eigenvalue weighted by molar-refractivity contribution is 6.05. The molecule has 0 aliphatic rings. The average Bonchev–Trinajstić information content (AvgIpc) is 2.39. The minimum absolute atomic E-state index is 0.00930. The zero-order valence-corrected chi connectivity index (χ0v) is 9.84. The molecule has 1 amide bonds. The predicted octanol–water partition coefficient (Wildman–Crippen LogP) is 2.52. The standard InChI is InChI=1S/C12H7F2N3O3/c13-8-2-3-10(17(19)20)9(5-8)16-12(18)7-1-4-11(14)15-6-7/h1-6H,(H,16,18). The van der Waals surface area contributed by atoms with Crippen LogP contribution in [0.2, 0.25) is 0 Å². The molecule has 6 nitrogen and oxygen atoms in total. The molecule has 20 heavy (non-hydrogen) atoms. The van der Waals surface area contributed by atoms with Gasteiger partial charge in [0.25, 0.3) is 11.6 Å². The van der Waals surface area contributed by atoms with Gasteiger partial charge in [0.1, 0.15) is 11.5 Å². The highest BCUT2D eigenvalue weighted by atomic mass is 19.1. The van der Waals surface area contributed by atoms with Crippen molar-refractivity contribution in [3.63, 3.8) is 0 Å². The SMILES string of the molecule is O=C(Nc1cc(F)ccc1[N+](=O)[O-])c1ccc(F)nc1. The van der Waals surface area contributed by atoms with E-state index in [9.17, 15) is 23.7 Å². The maximum Gasteiger partial charge on any atom is 0.292 e. The molecule has 0 saturated carbocycles. The number of amides is 1. The molecule has 0 atom stereocenters. The monoisotopic (exact) mass is 279 g/mol. The van der Waals surface area contributed by atoms with Crippen LogP contribution in [0.5, 0.6) is 0 Å². The van der Waals surface area contributed by atoms with E-state index in [1.165, 1.54) is 0 Å². The first-order valence-corrected chi connectivity index (χ1v) is 5.34. The number of carbonyl (C=O) groups excluding carboxylic acids is 1. The minimum Gasteiger partial charge on any atom is -0.316 e. The summed E-state index contributed by atoms with van der Waals surface area (Å²) in [5, 5.41) is 13.0. The quantitative estimate of drug-likeness (QED) is 0.531. The number of nitro benzene ring substituents is 1. The van der Waals surface area contributed by atoms with Crippen LogP contribution in [0.3, 0.4) is 0 Å². The lowest BCUT2D eigenvalue weighted by Gasteiger charge is -2.05. The molecule has 0 saturated heterocycles. The van der Waals surface area contributed by atoms with Gasteiger partial charge in [-0.15, -0.1) is 0 Å². The van der Waals surface area contributed by atoms with E-state index in [2.05, 4.69) is 10.3 Å². The van der Waals surface area contributed by atoms with E-state index in [-0.39, 0.29) is 11.3 Å². The fraction of sp³-hybridized carbons (Fsp3) is 0. The molecule has 8 heteroatoms. The van der Waals surface area contributed by atoms with Gasteiger partial charge in [-0.05, 0) is 18.2 Å². The number of halogens is 2. The lowest BCUT2D eigenvalue weighted by molar-refractivity contribution is -0.384. The van der Waals surface area contributed by atoms with Crippen LogP contribution in [-0.2, 0) is 0 Å². The number of hydrogen-bond acceptors (Lipinski definition) is 4. The van der Waals surface area contributed by atoms with Crippen LogP contribution in [0.1, 0.15) is 10.4 Å². The van der Waals surface area contributed by atoms with Crippen molar-refractivity contribution in [1.29, 1.82) is 0 Å². The van der Waals surface area contributed by atoms with Gasteiger partial charge in [-0.3, -0.25) is 14.9 Å². The van der Waals surface area contributed by atoms with Gasteiger partial charge in [0.05, 0.1) is 10.5 Å². The molecule has 1 heterocycles. The molecule has 0 aliphatic carbocycles. The molecule has 0 unspecified atom stereocenters. The van der Waals surface area contributed by atoms with E-state index < -0.39 is 28.3 Å². The summed E-state index contributed by atoms with van der Waals surface area (Å²) < 4.78 is 25.7. The van der Waals surface area contributed by atoms with Gasteiger partial charge in [-0.1, -0.05) is 0 Å². The summed E-state index contributed by atoms with van der Waals surface area (Å²) in [6.07, 6.45) is 0.968. The Hall–Kier alpha value is -2.90. The number of hydrogen-bond donors (Lipinski definition) is 1. The van der Waals surface area contributed by atoms with Gasteiger partial charge in [-0.25, -0.2) is 9.37 Å². The Morgan fingerprint density at radius 1 is 1.25 bits per heavy atom. The van der Waals surface area contributed by atoms with E-state index in [4.69, 9.17) is 0 Å². The molecular formula is C12H7F2N3O3. The fourth-order valence-electron chi connectivity index (χ4n) is 1.47. The molecule has 1 aromatic carbocycles. The number of nitrogens with zero attached hydrogens (tertiary/aromatic N) is 2. The normalized spacial score (nSPS) is 10.1. The van der Waals surface area contributed by atoms with Crippen molar-refractivity contribution in [2.24, 2.45) is 0 Å². The number of carbonyl (C=O) groups is 1. The third-order valence-electron chi connectivity index (χ3n) is 2.39. The Morgan fingerprint density at radius 2 is 2.00 bits per heavy atom. The van der Waals surface area contributed by atoms with Crippen molar-refractivity contribution in [2.75, 3.05) is 5.32 Å². The number of rotatable bonds is 3. The Bertz CT molecular complexity index is 674. The zero-order valence-electron chi connectivity index (χ0n) is 9.84. The number of nitro groups is 1. The maximum atomic E-state index is 13.1. The van der Waals surface area contributed by atoms with E-state index in [1.54, 1.807) is 0 Å². The Kier molecular flexibility index (Phi) is 3.65. The topological polar surface area (TPSA) is 85.1 Å². The predicted molar refractivity (Wildman–Crippen MR) is 65.2 cm³/mol. The molecular weight excluding hydrogens is 272 g/mol. The van der Waals surface area contributed by atoms with Crippen LogP contribution in [0, 0.1) is 21.9 Å². The summed E-state index contributed by atoms with van der Waals surface area (Å²) >= 11 is 0. The Morgan fingerprint density at radius 3 is 2.60 bits per heavy atom. The lowest BCUT2D eigenvalue weighted by atomic mass is 10.2. The lowest BCUT2D eigenvalue weighted by Crippen LogP contribution is -2.13. The third kappa shape index (κ3) is 2.91. The summed E-state index contributed by atoms with van der Waals surface area (Å²) in [4.78, 5) is 25.1. The van der Waals surface area contributed by atoms with Crippen LogP contribution in [0.25, 0.3) is 0 Å². The van der Waals surface area contributed by atoms with Crippen LogP contribution in [-0.4, -0.2) is 15.8 Å². The largest absolute Gasteiger partial charge is 0.316 e. The van der Waals surface area contributed by atoms with Crippen LogP contribution in [0.4, 0.5) is 20.2 Å². The second-order valence-electron chi connectivity index (χ2n) is 3.74. The van der Waals surface area contributed by atoms with Gasteiger partial charge < -0.3 is 5.32 Å². The van der Waals surface area contributed by atoms with E-state index in [1.807, 2.05) is 0 Å². The summed E-state index contributed by atoms with van der Waals surface area (Å²) in [5.41, 5.74) is -0.746. The molecule has 1 aromatic heterocycles. The number of aromatic nitrogens is 1. The van der Waals surface area contributed by atoms with E-state index >= 15 is 0 Å². The molecule has 0 aliphatic heterocycles. The number of benzene rings is 1. The molecule has 1 N–H and O–H groups in total. The van der Waals surface area contributed by atoms with Crippen molar-refractivity contribution in [3.8, 4) is 0 Å². The molecule has 2 rings (SSSR count). The first kappa shape index (κ1) is 13.5. The van der Waals surface area contributed by atoms with Crippen molar-refractivity contribution in [2.45, 2.75) is 0 Å². The molecule has 0 fully saturated rings. The zero-order chi connectivity index (χ0) is 14.7. The van der Waals surface area contributed by atoms with Gasteiger partial charge in [0.2, 0.25) is 5.95 Å².